The van der Waals surface area contributed by atoms with Crippen molar-refractivity contribution in [2.75, 3.05) is 26.2 Å². The number of nitrogens with two attached hydrogens (primary N) is 1. The predicted octanol–water partition coefficient (Wildman–Crippen LogP) is 2.40. The first-order valence-electron chi connectivity index (χ1n) is 10.9. The lowest BCUT2D eigenvalue weighted by Gasteiger charge is -2.09. The van der Waals surface area contributed by atoms with E-state index in [1.54, 1.807) is 36.4 Å². The molecule has 1 aliphatic rings. The molecule has 0 saturated carbocycles. The molecule has 218 valence electrons. The number of alkyl halides is 6. The quantitative estimate of drug-likeness (QED) is 0.125. The normalized spacial score (nSPS) is 12.3. The van der Waals surface area contributed by atoms with Gasteiger partial charge in [-0.3, -0.25) is 15.2 Å². The van der Waals surface area contributed by atoms with E-state index in [0.29, 0.717) is 30.0 Å². The van der Waals surface area contributed by atoms with Crippen LogP contribution in [-0.4, -0.2) is 78.3 Å². The van der Waals surface area contributed by atoms with E-state index in [2.05, 4.69) is 15.6 Å². The van der Waals surface area contributed by atoms with Gasteiger partial charge in [0, 0.05) is 23.2 Å². The summed E-state index contributed by atoms with van der Waals surface area (Å²) in [4.78, 5) is 34.3. The second-order valence-corrected chi connectivity index (χ2v) is 7.39. The van der Waals surface area contributed by atoms with Crippen molar-refractivity contribution in [3.63, 3.8) is 0 Å². The second-order valence-electron chi connectivity index (χ2n) is 7.39. The maximum Gasteiger partial charge on any atom is 0.490 e. The van der Waals surface area contributed by atoms with Crippen molar-refractivity contribution >= 4 is 29.5 Å². The van der Waals surface area contributed by atoms with Crippen molar-refractivity contribution in [1.82, 2.24) is 10.6 Å². The maximum absolute atomic E-state index is 12.2. The van der Waals surface area contributed by atoms with Crippen LogP contribution in [0.3, 0.4) is 0 Å². The van der Waals surface area contributed by atoms with E-state index in [-0.39, 0.29) is 11.7 Å². The number of nitrogens with zero attached hydrogens (tertiary/aromatic N) is 1. The summed E-state index contributed by atoms with van der Waals surface area (Å²) in [5.41, 5.74) is 7.62. The van der Waals surface area contributed by atoms with Crippen LogP contribution in [-0.2, 0) is 9.59 Å². The van der Waals surface area contributed by atoms with Crippen molar-refractivity contribution in [1.29, 1.82) is 5.41 Å². The summed E-state index contributed by atoms with van der Waals surface area (Å²) in [5.74, 6) is -4.19. The number of rotatable bonds is 7. The zero-order valence-electron chi connectivity index (χ0n) is 20.3. The number of hydrogen-bond donors (Lipinski definition) is 6. The van der Waals surface area contributed by atoms with E-state index in [0.717, 1.165) is 24.5 Å². The van der Waals surface area contributed by atoms with Crippen LogP contribution in [0.5, 0.6) is 5.75 Å². The van der Waals surface area contributed by atoms with E-state index >= 15 is 0 Å². The standard InChI is InChI=1S/C19H21N5O2.2C2HF3O2/c20-17(21)15-2-1-3-16(12-15)26-11-10-24-19(25)14-6-4-13(5-7-14)18-22-8-9-23-18;2*3-2(4,5)1(6)7/h1-7,12H,8-11H2,(H3,20,21)(H,22,23)(H,24,25);2*(H,6,7). The molecule has 0 unspecified atom stereocenters. The highest BCUT2D eigenvalue weighted by molar-refractivity contribution is 6.01. The number of amides is 1. The number of carbonyl (C=O) groups excluding carboxylic acids is 1. The SMILES string of the molecule is N=C(N)c1cccc(OCCNC(=O)c2ccc(C3=NCCN3)cc2)c1.O=C(O)C(F)(F)F.O=C(O)C(F)(F)F. The fraction of sp³-hybridized carbons (Fsp3) is 0.261. The molecule has 0 saturated heterocycles. The van der Waals surface area contributed by atoms with Crippen LogP contribution < -0.4 is 21.1 Å². The van der Waals surface area contributed by atoms with Crippen molar-refractivity contribution in [2.45, 2.75) is 12.4 Å². The molecule has 17 heteroatoms. The molecule has 1 aliphatic heterocycles. The number of halogens is 6. The number of carbonyl (C=O) groups is 3. The number of hydrogen-bond acceptors (Lipinski definition) is 7. The summed E-state index contributed by atoms with van der Waals surface area (Å²) < 4.78 is 69.1. The Kier molecular flexibility index (Phi) is 12.4. The largest absolute Gasteiger partial charge is 0.492 e. The van der Waals surface area contributed by atoms with Gasteiger partial charge in [0.25, 0.3) is 5.91 Å². The van der Waals surface area contributed by atoms with Gasteiger partial charge >= 0.3 is 24.3 Å². The van der Waals surface area contributed by atoms with Crippen molar-refractivity contribution < 1.29 is 55.7 Å². The molecule has 0 aliphatic carbocycles. The van der Waals surface area contributed by atoms with Gasteiger partial charge in [-0.05, 0) is 24.3 Å². The zero-order chi connectivity index (χ0) is 30.5. The van der Waals surface area contributed by atoms with Crippen LogP contribution in [0.1, 0.15) is 21.5 Å². The van der Waals surface area contributed by atoms with Gasteiger partial charge in [-0.1, -0.05) is 24.3 Å². The van der Waals surface area contributed by atoms with Crippen molar-refractivity contribution in [3.8, 4) is 5.75 Å². The molecule has 0 atom stereocenters. The molecule has 11 nitrogen and oxygen atoms in total. The molecule has 2 aromatic carbocycles. The second kappa shape index (κ2) is 14.9. The summed E-state index contributed by atoms with van der Waals surface area (Å²) in [6, 6.07) is 14.3. The van der Waals surface area contributed by atoms with Gasteiger partial charge in [0.05, 0.1) is 13.1 Å². The molecule has 0 radical (unpaired) electrons. The highest BCUT2D eigenvalue weighted by atomic mass is 19.4. The summed E-state index contributed by atoms with van der Waals surface area (Å²) in [6.07, 6.45) is -10.2. The summed E-state index contributed by atoms with van der Waals surface area (Å²) in [7, 11) is 0. The van der Waals surface area contributed by atoms with Crippen LogP contribution in [0, 0.1) is 5.41 Å². The minimum atomic E-state index is -5.08. The molecule has 1 amide bonds. The molecular weight excluding hydrogens is 556 g/mol. The van der Waals surface area contributed by atoms with Gasteiger partial charge in [-0.2, -0.15) is 26.3 Å². The monoisotopic (exact) mass is 579 g/mol. The molecule has 0 aromatic heterocycles. The molecule has 2 aromatic rings. The Labute approximate surface area is 222 Å². The fourth-order valence-corrected chi connectivity index (χ4v) is 2.56. The topological polar surface area (TPSA) is 187 Å². The lowest BCUT2D eigenvalue weighted by Crippen LogP contribution is -2.28. The molecule has 40 heavy (non-hydrogen) atoms. The van der Waals surface area contributed by atoms with E-state index < -0.39 is 24.3 Å². The van der Waals surface area contributed by atoms with Crippen LogP contribution in [0.2, 0.25) is 0 Å². The smallest absolute Gasteiger partial charge is 0.490 e. The average molecular weight is 579 g/mol. The highest BCUT2D eigenvalue weighted by Crippen LogP contribution is 2.14. The number of nitrogens with one attached hydrogen (secondary N) is 3. The Morgan fingerprint density at radius 3 is 1.98 bits per heavy atom. The Hall–Kier alpha value is -4.83. The Morgan fingerprint density at radius 1 is 0.975 bits per heavy atom. The number of carboxylic acids is 2. The van der Waals surface area contributed by atoms with Crippen LogP contribution in [0.4, 0.5) is 26.3 Å². The Bertz CT molecular complexity index is 1190. The van der Waals surface area contributed by atoms with Crippen LogP contribution in [0.15, 0.2) is 53.5 Å². The third kappa shape index (κ3) is 12.1. The molecule has 0 spiro atoms. The third-order valence-corrected chi connectivity index (χ3v) is 4.38. The van der Waals surface area contributed by atoms with Gasteiger partial charge in [-0.15, -0.1) is 0 Å². The average Bonchev–Trinajstić information content (AvgIpc) is 3.41. The Morgan fingerprint density at radius 2 is 1.52 bits per heavy atom. The number of carboxylic acid groups (broad SMARTS) is 2. The number of amidine groups is 2. The summed E-state index contributed by atoms with van der Waals surface area (Å²) in [5, 5.41) is 27.7. The minimum Gasteiger partial charge on any atom is -0.492 e. The molecule has 7 N–H and O–H groups in total. The molecular formula is C23H23F6N5O6. The molecule has 1 heterocycles. The number of aliphatic carboxylic acids is 2. The molecule has 3 rings (SSSR count). The van der Waals surface area contributed by atoms with E-state index in [4.69, 9.17) is 35.7 Å². The molecule has 0 fully saturated rings. The van der Waals surface area contributed by atoms with Crippen LogP contribution >= 0.6 is 0 Å². The fourth-order valence-electron chi connectivity index (χ4n) is 2.56. The zero-order valence-corrected chi connectivity index (χ0v) is 20.3. The first kappa shape index (κ1) is 33.2. The lowest BCUT2D eigenvalue weighted by atomic mass is 10.1. The first-order chi connectivity index (χ1) is 18.5. The minimum absolute atomic E-state index is 0.00836. The van der Waals surface area contributed by atoms with E-state index in [9.17, 15) is 31.1 Å². The summed E-state index contributed by atoms with van der Waals surface area (Å²) >= 11 is 0. The maximum atomic E-state index is 12.2. The van der Waals surface area contributed by atoms with Crippen molar-refractivity contribution in [2.24, 2.45) is 10.7 Å². The van der Waals surface area contributed by atoms with Crippen LogP contribution in [0.25, 0.3) is 0 Å². The third-order valence-electron chi connectivity index (χ3n) is 4.38. The van der Waals surface area contributed by atoms with Gasteiger partial charge in [-0.25, -0.2) is 9.59 Å². The van der Waals surface area contributed by atoms with Crippen molar-refractivity contribution in [3.05, 3.63) is 65.2 Å². The number of nitrogen functional groups attached to an aromatic ring is 1. The summed E-state index contributed by atoms with van der Waals surface area (Å²) in [6.45, 7) is 2.34. The van der Waals surface area contributed by atoms with Gasteiger partial charge in [0.2, 0.25) is 0 Å². The highest BCUT2D eigenvalue weighted by Gasteiger charge is 2.38. The van der Waals surface area contributed by atoms with Gasteiger partial charge in [0.1, 0.15) is 24.0 Å². The van der Waals surface area contributed by atoms with E-state index in [1.165, 1.54) is 0 Å². The van der Waals surface area contributed by atoms with Gasteiger partial charge < -0.3 is 31.3 Å². The first-order valence-corrected chi connectivity index (χ1v) is 10.9. The number of benzene rings is 2. The predicted molar refractivity (Wildman–Crippen MR) is 129 cm³/mol. The van der Waals surface area contributed by atoms with Gasteiger partial charge in [0.15, 0.2) is 0 Å². The van der Waals surface area contributed by atoms with E-state index in [1.807, 2.05) is 12.1 Å². The lowest BCUT2D eigenvalue weighted by molar-refractivity contribution is -0.193. The number of ether oxygens (including phenoxy) is 1. The molecule has 0 bridgehead atoms. The number of aliphatic imine (C=N–C) groups is 1. The Balaban J connectivity index is 0.000000473.